The monoisotopic (exact) mass is 164 g/mol. The molecule has 2 heteroatoms. The van der Waals surface area contributed by atoms with E-state index in [1.54, 1.807) is 6.26 Å². The number of carbonyl (C=O) groups is 1. The van der Waals surface area contributed by atoms with Gasteiger partial charge in [-0.15, -0.1) is 0 Å². The van der Waals surface area contributed by atoms with Crippen LogP contribution >= 0.6 is 0 Å². The number of esters is 1. The van der Waals surface area contributed by atoms with E-state index in [0.717, 1.165) is 18.4 Å². The first-order chi connectivity index (χ1) is 5.70. The quantitative estimate of drug-likeness (QED) is 0.513. The van der Waals surface area contributed by atoms with E-state index in [0.29, 0.717) is 5.92 Å². The molecule has 0 aromatic carbocycles. The highest BCUT2D eigenvalue weighted by Gasteiger charge is 2.33. The van der Waals surface area contributed by atoms with E-state index >= 15 is 0 Å². The summed E-state index contributed by atoms with van der Waals surface area (Å²) in [6.45, 7) is 4.05. The Bertz CT molecular complexity index is 297. The zero-order chi connectivity index (χ0) is 8.72. The molecule has 0 bridgehead atoms. The van der Waals surface area contributed by atoms with E-state index < -0.39 is 0 Å². The van der Waals surface area contributed by atoms with Gasteiger partial charge in [0.2, 0.25) is 0 Å². The molecule has 0 fully saturated rings. The molecule has 0 spiro atoms. The van der Waals surface area contributed by atoms with Crippen LogP contribution < -0.4 is 0 Å². The van der Waals surface area contributed by atoms with E-state index in [4.69, 9.17) is 4.74 Å². The Morgan fingerprint density at radius 1 is 1.50 bits per heavy atom. The van der Waals surface area contributed by atoms with Crippen LogP contribution in [-0.4, -0.2) is 5.97 Å². The topological polar surface area (TPSA) is 26.3 Å². The second-order valence-corrected chi connectivity index (χ2v) is 3.55. The minimum Gasteiger partial charge on any atom is -0.431 e. The molecule has 2 rings (SSSR count). The zero-order valence-corrected chi connectivity index (χ0v) is 7.39. The van der Waals surface area contributed by atoms with Gasteiger partial charge in [-0.25, -0.2) is 4.79 Å². The first kappa shape index (κ1) is 7.59. The third-order valence-corrected chi connectivity index (χ3v) is 2.74. The first-order valence-corrected chi connectivity index (χ1v) is 4.27. The molecule has 0 amide bonds. The van der Waals surface area contributed by atoms with Crippen molar-refractivity contribution >= 4 is 5.97 Å². The summed E-state index contributed by atoms with van der Waals surface area (Å²) >= 11 is 0. The summed E-state index contributed by atoms with van der Waals surface area (Å²) in [5, 5.41) is 0. The number of hydrogen-bond donors (Lipinski definition) is 0. The lowest BCUT2D eigenvalue weighted by molar-refractivity contribution is -0.135. The van der Waals surface area contributed by atoms with Crippen molar-refractivity contribution in [2.24, 2.45) is 5.92 Å². The number of carbonyl (C=O) groups excluding carboxylic acids is 1. The lowest BCUT2D eigenvalue weighted by atomic mass is 9.92. The normalized spacial score (nSPS) is 28.3. The molecule has 0 saturated heterocycles. The summed E-state index contributed by atoms with van der Waals surface area (Å²) in [6.07, 6.45) is 3.72. The standard InChI is InChI=1S/C10H12O2/c1-6-3-4-8-7(2)5-12-10(11)9(6)8/h5,8H,3-4H2,1-2H3/t8-/m1/s1. The number of hydrogen-bond acceptors (Lipinski definition) is 2. The summed E-state index contributed by atoms with van der Waals surface area (Å²) in [7, 11) is 0. The molecule has 0 radical (unpaired) electrons. The Morgan fingerprint density at radius 2 is 2.25 bits per heavy atom. The van der Waals surface area contributed by atoms with Gasteiger partial charge in [0.15, 0.2) is 0 Å². The van der Waals surface area contributed by atoms with Crippen molar-refractivity contribution < 1.29 is 9.53 Å². The lowest BCUT2D eigenvalue weighted by Crippen LogP contribution is -2.17. The highest BCUT2D eigenvalue weighted by molar-refractivity contribution is 5.92. The Balaban J connectivity index is 2.46. The van der Waals surface area contributed by atoms with Crippen LogP contribution in [0.25, 0.3) is 0 Å². The van der Waals surface area contributed by atoms with E-state index in [-0.39, 0.29) is 5.97 Å². The fourth-order valence-corrected chi connectivity index (χ4v) is 2.00. The largest absolute Gasteiger partial charge is 0.431 e. The SMILES string of the molecule is CC1=COC(=O)C2=C(C)CC[C@H]12. The zero-order valence-electron chi connectivity index (χ0n) is 7.39. The molecular formula is C10H12O2. The molecule has 0 saturated carbocycles. The highest BCUT2D eigenvalue weighted by atomic mass is 16.5. The molecule has 12 heavy (non-hydrogen) atoms. The number of rotatable bonds is 0. The van der Waals surface area contributed by atoms with Crippen LogP contribution in [0, 0.1) is 5.92 Å². The van der Waals surface area contributed by atoms with Gasteiger partial charge in [0.05, 0.1) is 6.26 Å². The van der Waals surface area contributed by atoms with Crippen LogP contribution in [0.2, 0.25) is 0 Å². The average Bonchev–Trinajstić information content (AvgIpc) is 2.42. The minimum absolute atomic E-state index is 0.138. The van der Waals surface area contributed by atoms with Crippen molar-refractivity contribution in [2.45, 2.75) is 26.7 Å². The summed E-state index contributed by atoms with van der Waals surface area (Å²) in [5.74, 6) is 0.215. The maximum atomic E-state index is 11.3. The third-order valence-electron chi connectivity index (χ3n) is 2.74. The van der Waals surface area contributed by atoms with Crippen LogP contribution in [0.15, 0.2) is 23.0 Å². The summed E-state index contributed by atoms with van der Waals surface area (Å²) in [4.78, 5) is 11.3. The van der Waals surface area contributed by atoms with Crippen molar-refractivity contribution in [1.29, 1.82) is 0 Å². The van der Waals surface area contributed by atoms with E-state index in [9.17, 15) is 4.79 Å². The second kappa shape index (κ2) is 2.47. The maximum Gasteiger partial charge on any atom is 0.339 e. The summed E-state index contributed by atoms with van der Waals surface area (Å²) in [6, 6.07) is 0. The molecule has 1 aliphatic heterocycles. The lowest BCUT2D eigenvalue weighted by Gasteiger charge is -2.19. The summed E-state index contributed by atoms with van der Waals surface area (Å²) < 4.78 is 4.92. The number of ether oxygens (including phenoxy) is 1. The Kier molecular flexibility index (Phi) is 1.56. The number of fused-ring (bicyclic) bond motifs is 1. The predicted molar refractivity (Wildman–Crippen MR) is 45.3 cm³/mol. The van der Waals surface area contributed by atoms with Gasteiger partial charge in [0, 0.05) is 11.5 Å². The smallest absolute Gasteiger partial charge is 0.339 e. The molecule has 2 nitrogen and oxygen atoms in total. The average molecular weight is 164 g/mol. The number of allylic oxidation sites excluding steroid dienone is 2. The van der Waals surface area contributed by atoms with Crippen LogP contribution in [-0.2, 0) is 9.53 Å². The Labute approximate surface area is 71.9 Å². The second-order valence-electron chi connectivity index (χ2n) is 3.55. The van der Waals surface area contributed by atoms with Gasteiger partial charge in [-0.2, -0.15) is 0 Å². The molecular weight excluding hydrogens is 152 g/mol. The maximum absolute atomic E-state index is 11.3. The van der Waals surface area contributed by atoms with Gasteiger partial charge in [-0.1, -0.05) is 5.57 Å². The van der Waals surface area contributed by atoms with Crippen molar-refractivity contribution in [1.82, 2.24) is 0 Å². The fraction of sp³-hybridized carbons (Fsp3) is 0.500. The Hall–Kier alpha value is -1.05. The van der Waals surface area contributed by atoms with Crippen molar-refractivity contribution in [2.75, 3.05) is 0 Å². The molecule has 1 heterocycles. The van der Waals surface area contributed by atoms with Gasteiger partial charge in [0.25, 0.3) is 0 Å². The minimum atomic E-state index is -0.138. The van der Waals surface area contributed by atoms with Crippen LogP contribution in [0.5, 0.6) is 0 Å². The van der Waals surface area contributed by atoms with Gasteiger partial charge in [-0.3, -0.25) is 0 Å². The van der Waals surface area contributed by atoms with E-state index in [1.807, 2.05) is 13.8 Å². The van der Waals surface area contributed by atoms with Crippen molar-refractivity contribution in [3.63, 3.8) is 0 Å². The molecule has 0 aromatic heterocycles. The van der Waals surface area contributed by atoms with Crippen LogP contribution in [0.1, 0.15) is 26.7 Å². The van der Waals surface area contributed by atoms with E-state index in [1.165, 1.54) is 11.1 Å². The highest BCUT2D eigenvalue weighted by Crippen LogP contribution is 2.39. The van der Waals surface area contributed by atoms with Gasteiger partial charge in [-0.05, 0) is 32.3 Å². The first-order valence-electron chi connectivity index (χ1n) is 4.27. The molecule has 0 unspecified atom stereocenters. The van der Waals surface area contributed by atoms with Crippen LogP contribution in [0.4, 0.5) is 0 Å². The van der Waals surface area contributed by atoms with Gasteiger partial charge < -0.3 is 4.74 Å². The van der Waals surface area contributed by atoms with Gasteiger partial charge in [0.1, 0.15) is 0 Å². The molecule has 1 atom stereocenters. The van der Waals surface area contributed by atoms with Crippen molar-refractivity contribution in [3.8, 4) is 0 Å². The van der Waals surface area contributed by atoms with Crippen LogP contribution in [0.3, 0.4) is 0 Å². The third kappa shape index (κ3) is 0.909. The molecule has 64 valence electrons. The summed E-state index contributed by atoms with van der Waals surface area (Å²) in [5.41, 5.74) is 3.30. The number of cyclic esters (lactones) is 1. The molecule has 2 aliphatic rings. The van der Waals surface area contributed by atoms with Gasteiger partial charge >= 0.3 is 5.97 Å². The van der Waals surface area contributed by atoms with E-state index in [2.05, 4.69) is 0 Å². The van der Waals surface area contributed by atoms with Crippen molar-refractivity contribution in [3.05, 3.63) is 23.0 Å². The predicted octanol–water partition coefficient (Wildman–Crippen LogP) is 2.17. The Morgan fingerprint density at radius 3 is 2.92 bits per heavy atom. The molecule has 0 N–H and O–H groups in total. The molecule has 0 aromatic rings. The molecule has 1 aliphatic carbocycles. The fourth-order valence-electron chi connectivity index (χ4n) is 2.00.